The first-order chi connectivity index (χ1) is 9.63. The molecule has 1 N–H and O–H groups in total. The van der Waals surface area contributed by atoms with Crippen LogP contribution in [0.15, 0.2) is 18.2 Å². The quantitative estimate of drug-likeness (QED) is 0.891. The Morgan fingerprint density at radius 2 is 1.85 bits per heavy atom. The lowest BCUT2D eigenvalue weighted by Gasteiger charge is -2.33. The molecule has 4 heteroatoms. The zero-order chi connectivity index (χ0) is 14.5. The van der Waals surface area contributed by atoms with Crippen molar-refractivity contribution in [2.75, 3.05) is 26.2 Å². The van der Waals surface area contributed by atoms with E-state index in [1.54, 1.807) is 0 Å². The Labute approximate surface area is 120 Å². The maximum absolute atomic E-state index is 13.9. The highest BCUT2D eigenvalue weighted by molar-refractivity contribution is 5.23. The number of benzene rings is 1. The molecule has 0 radical (unpaired) electrons. The Morgan fingerprint density at radius 1 is 1.25 bits per heavy atom. The fourth-order valence-electron chi connectivity index (χ4n) is 3.05. The highest BCUT2D eigenvalue weighted by atomic mass is 19.1. The van der Waals surface area contributed by atoms with Crippen LogP contribution < -0.4 is 5.32 Å². The maximum Gasteiger partial charge on any atom is 0.130 e. The first kappa shape index (κ1) is 15.4. The van der Waals surface area contributed by atoms with Gasteiger partial charge in [-0.05, 0) is 57.5 Å². The topological polar surface area (TPSA) is 15.3 Å². The van der Waals surface area contributed by atoms with Gasteiger partial charge in [-0.15, -0.1) is 0 Å². The molecule has 1 atom stereocenters. The highest BCUT2D eigenvalue weighted by Gasteiger charge is 2.24. The van der Waals surface area contributed by atoms with Crippen LogP contribution in [0, 0.1) is 17.6 Å². The smallest absolute Gasteiger partial charge is 0.130 e. The Hall–Kier alpha value is -1.00. The second-order valence-electron chi connectivity index (χ2n) is 5.59. The van der Waals surface area contributed by atoms with Crippen molar-refractivity contribution in [3.05, 3.63) is 35.4 Å². The van der Waals surface area contributed by atoms with Gasteiger partial charge in [-0.1, -0.05) is 13.0 Å². The van der Waals surface area contributed by atoms with Gasteiger partial charge in [0.2, 0.25) is 0 Å². The van der Waals surface area contributed by atoms with Crippen LogP contribution in [0.5, 0.6) is 0 Å². The molecule has 1 aromatic carbocycles. The Morgan fingerprint density at radius 3 is 2.40 bits per heavy atom. The third-order valence-electron chi connectivity index (χ3n) is 4.32. The maximum atomic E-state index is 13.9. The molecule has 1 saturated heterocycles. The van der Waals surface area contributed by atoms with Crippen LogP contribution in [0.4, 0.5) is 8.78 Å². The summed E-state index contributed by atoms with van der Waals surface area (Å²) in [5.74, 6) is -0.268. The molecule has 1 unspecified atom stereocenters. The SMILES string of the molecule is CCN(CC1CCNCC1)C(C)c1c(F)cccc1F. The van der Waals surface area contributed by atoms with Gasteiger partial charge in [0.05, 0.1) is 0 Å². The minimum absolute atomic E-state index is 0.197. The number of nitrogens with one attached hydrogen (secondary N) is 1. The molecule has 1 fully saturated rings. The summed E-state index contributed by atoms with van der Waals surface area (Å²) in [6, 6.07) is 3.88. The third-order valence-corrected chi connectivity index (χ3v) is 4.32. The van der Waals surface area contributed by atoms with Gasteiger partial charge in [0.15, 0.2) is 0 Å². The average Bonchev–Trinajstić information content (AvgIpc) is 2.45. The molecular weight excluding hydrogens is 258 g/mol. The lowest BCUT2D eigenvalue weighted by atomic mass is 9.96. The number of hydrogen-bond donors (Lipinski definition) is 1. The normalized spacial score (nSPS) is 18.4. The summed E-state index contributed by atoms with van der Waals surface area (Å²) >= 11 is 0. The van der Waals surface area contributed by atoms with Crippen molar-refractivity contribution in [2.45, 2.75) is 32.7 Å². The molecule has 1 aliphatic heterocycles. The van der Waals surface area contributed by atoms with Crippen molar-refractivity contribution in [2.24, 2.45) is 5.92 Å². The van der Waals surface area contributed by atoms with Crippen molar-refractivity contribution in [1.29, 1.82) is 0 Å². The van der Waals surface area contributed by atoms with E-state index >= 15 is 0 Å². The Bertz CT molecular complexity index is 410. The third kappa shape index (κ3) is 3.55. The number of halogens is 2. The van der Waals surface area contributed by atoms with Crippen LogP contribution >= 0.6 is 0 Å². The summed E-state index contributed by atoms with van der Waals surface area (Å²) in [4.78, 5) is 2.18. The second-order valence-corrected chi connectivity index (χ2v) is 5.59. The van der Waals surface area contributed by atoms with E-state index in [0.29, 0.717) is 5.92 Å². The van der Waals surface area contributed by atoms with Crippen LogP contribution in [0.1, 0.15) is 38.3 Å². The van der Waals surface area contributed by atoms with E-state index in [2.05, 4.69) is 17.1 Å². The van der Waals surface area contributed by atoms with Crippen LogP contribution in [-0.4, -0.2) is 31.1 Å². The van der Waals surface area contributed by atoms with Gasteiger partial charge < -0.3 is 5.32 Å². The fourth-order valence-corrected chi connectivity index (χ4v) is 3.05. The molecule has 1 aromatic rings. The monoisotopic (exact) mass is 282 g/mol. The minimum atomic E-state index is -0.443. The standard InChI is InChI=1S/C16H24F2N2/c1-3-20(11-13-7-9-19-10-8-13)12(2)16-14(17)5-4-6-15(16)18/h4-6,12-13,19H,3,7-11H2,1-2H3. The van der Waals surface area contributed by atoms with E-state index in [-0.39, 0.29) is 11.6 Å². The molecule has 0 amide bonds. The summed E-state index contributed by atoms with van der Waals surface area (Å²) in [6.07, 6.45) is 2.28. The largest absolute Gasteiger partial charge is 0.317 e. The van der Waals surface area contributed by atoms with Crippen LogP contribution in [-0.2, 0) is 0 Å². The Balaban J connectivity index is 2.09. The number of hydrogen-bond acceptors (Lipinski definition) is 2. The van der Waals surface area contributed by atoms with Gasteiger partial charge in [0.1, 0.15) is 11.6 Å². The van der Waals surface area contributed by atoms with Crippen LogP contribution in [0.2, 0.25) is 0 Å². The van der Waals surface area contributed by atoms with Gasteiger partial charge in [0, 0.05) is 18.2 Å². The molecule has 1 heterocycles. The van der Waals surface area contributed by atoms with Gasteiger partial charge in [0.25, 0.3) is 0 Å². The molecule has 2 rings (SSSR count). The van der Waals surface area contributed by atoms with Crippen LogP contribution in [0.3, 0.4) is 0 Å². The predicted molar refractivity (Wildman–Crippen MR) is 77.6 cm³/mol. The molecule has 20 heavy (non-hydrogen) atoms. The summed E-state index contributed by atoms with van der Waals surface area (Å²) < 4.78 is 27.8. The summed E-state index contributed by atoms with van der Waals surface area (Å²) in [5.41, 5.74) is 0.197. The molecule has 1 aliphatic rings. The Kier molecular flexibility index (Phi) is 5.49. The summed E-state index contributed by atoms with van der Waals surface area (Å²) in [7, 11) is 0. The molecule has 0 aromatic heterocycles. The average molecular weight is 282 g/mol. The number of piperidine rings is 1. The van der Waals surface area contributed by atoms with Gasteiger partial charge in [-0.2, -0.15) is 0 Å². The molecule has 112 valence electrons. The first-order valence-corrected chi connectivity index (χ1v) is 7.52. The van der Waals surface area contributed by atoms with Crippen molar-refractivity contribution < 1.29 is 8.78 Å². The molecule has 0 aliphatic carbocycles. The van der Waals surface area contributed by atoms with Crippen LogP contribution in [0.25, 0.3) is 0 Å². The zero-order valence-electron chi connectivity index (χ0n) is 12.3. The highest BCUT2D eigenvalue weighted by Crippen LogP contribution is 2.27. The fraction of sp³-hybridized carbons (Fsp3) is 0.625. The van der Waals surface area contributed by atoms with E-state index < -0.39 is 11.6 Å². The molecular formula is C16H24F2N2. The molecule has 0 bridgehead atoms. The van der Waals surface area contributed by atoms with Crippen molar-refractivity contribution in [3.8, 4) is 0 Å². The zero-order valence-corrected chi connectivity index (χ0v) is 12.3. The van der Waals surface area contributed by atoms with Gasteiger partial charge in [-0.25, -0.2) is 8.78 Å². The molecule has 0 saturated carbocycles. The minimum Gasteiger partial charge on any atom is -0.317 e. The second kappa shape index (κ2) is 7.14. The number of nitrogens with zero attached hydrogens (tertiary/aromatic N) is 1. The summed E-state index contributed by atoms with van der Waals surface area (Å²) in [5, 5.41) is 3.35. The van der Waals surface area contributed by atoms with E-state index in [0.717, 1.165) is 39.0 Å². The number of rotatable bonds is 5. The van der Waals surface area contributed by atoms with E-state index in [1.807, 2.05) is 6.92 Å². The first-order valence-electron chi connectivity index (χ1n) is 7.52. The molecule has 0 spiro atoms. The van der Waals surface area contributed by atoms with Crippen molar-refractivity contribution in [3.63, 3.8) is 0 Å². The molecule has 2 nitrogen and oxygen atoms in total. The lowest BCUT2D eigenvalue weighted by Crippen LogP contribution is -2.37. The van der Waals surface area contributed by atoms with E-state index in [1.165, 1.54) is 18.2 Å². The predicted octanol–water partition coefficient (Wildman–Crippen LogP) is 3.35. The van der Waals surface area contributed by atoms with E-state index in [4.69, 9.17) is 0 Å². The van der Waals surface area contributed by atoms with Crippen molar-refractivity contribution >= 4 is 0 Å². The van der Waals surface area contributed by atoms with Gasteiger partial charge >= 0.3 is 0 Å². The van der Waals surface area contributed by atoms with Gasteiger partial charge in [-0.3, -0.25) is 4.90 Å². The van der Waals surface area contributed by atoms with Crippen molar-refractivity contribution in [1.82, 2.24) is 10.2 Å². The van der Waals surface area contributed by atoms with E-state index in [9.17, 15) is 8.78 Å². The lowest BCUT2D eigenvalue weighted by molar-refractivity contribution is 0.163. The summed E-state index contributed by atoms with van der Waals surface area (Å²) in [6.45, 7) is 7.75.